The number of amides is 1. The lowest BCUT2D eigenvalue weighted by atomic mass is 10.0. The van der Waals surface area contributed by atoms with Gasteiger partial charge < -0.3 is 24.6 Å². The summed E-state index contributed by atoms with van der Waals surface area (Å²) in [7, 11) is 1.69. The number of methoxy groups -OCH3 is 1. The molecular formula is C19H29N3O3S. The van der Waals surface area contributed by atoms with Crippen LogP contribution in [0.2, 0.25) is 0 Å². The number of anilines is 1. The maximum Gasteiger partial charge on any atom is 0.409 e. The Bertz CT molecular complexity index is 603. The highest BCUT2D eigenvalue weighted by Crippen LogP contribution is 2.20. The number of thiocarbonyl (C=S) groups is 1. The SMILES string of the molecule is CCOC(=O)N1CCC(N(CCOC)C(=S)Nc2ccccc2C)CC1. The van der Waals surface area contributed by atoms with Crippen LogP contribution in [-0.2, 0) is 9.47 Å². The van der Waals surface area contributed by atoms with Crippen molar-refractivity contribution in [3.05, 3.63) is 29.8 Å². The topological polar surface area (TPSA) is 54.0 Å². The highest BCUT2D eigenvalue weighted by Gasteiger charge is 2.28. The van der Waals surface area contributed by atoms with Crippen molar-refractivity contribution in [2.45, 2.75) is 32.7 Å². The van der Waals surface area contributed by atoms with Crippen LogP contribution in [0.1, 0.15) is 25.3 Å². The maximum atomic E-state index is 11.9. The number of carbonyl (C=O) groups is 1. The lowest BCUT2D eigenvalue weighted by Gasteiger charge is -2.39. The molecule has 1 N–H and O–H groups in total. The molecule has 7 heteroatoms. The normalized spacial score (nSPS) is 14.8. The van der Waals surface area contributed by atoms with Crippen molar-refractivity contribution in [2.75, 3.05) is 45.3 Å². The predicted molar refractivity (Wildman–Crippen MR) is 108 cm³/mol. The predicted octanol–water partition coefficient (Wildman–Crippen LogP) is 3.26. The number of piperidine rings is 1. The molecule has 1 aromatic rings. The number of nitrogens with zero attached hydrogens (tertiary/aromatic N) is 2. The fourth-order valence-corrected chi connectivity index (χ4v) is 3.46. The van der Waals surface area contributed by atoms with Gasteiger partial charge in [0.05, 0.1) is 13.2 Å². The van der Waals surface area contributed by atoms with Gasteiger partial charge in [0.15, 0.2) is 5.11 Å². The van der Waals surface area contributed by atoms with Gasteiger partial charge in [-0.25, -0.2) is 4.79 Å². The van der Waals surface area contributed by atoms with Gasteiger partial charge in [-0.2, -0.15) is 0 Å². The number of carbonyl (C=O) groups excluding carboxylic acids is 1. The lowest BCUT2D eigenvalue weighted by molar-refractivity contribution is 0.0829. The molecule has 0 aliphatic carbocycles. The Hall–Kier alpha value is -1.86. The molecule has 0 radical (unpaired) electrons. The number of aryl methyl sites for hydroxylation is 1. The van der Waals surface area contributed by atoms with Crippen LogP contribution in [0, 0.1) is 6.92 Å². The van der Waals surface area contributed by atoms with Gasteiger partial charge in [-0.1, -0.05) is 18.2 Å². The summed E-state index contributed by atoms with van der Waals surface area (Å²) in [4.78, 5) is 15.8. The second-order valence-corrected chi connectivity index (χ2v) is 6.74. The van der Waals surface area contributed by atoms with Gasteiger partial charge in [0, 0.05) is 38.5 Å². The second kappa shape index (κ2) is 10.3. The summed E-state index contributed by atoms with van der Waals surface area (Å²) in [6.07, 6.45) is 1.49. The first-order valence-corrected chi connectivity index (χ1v) is 9.51. The molecule has 1 fully saturated rings. The first-order chi connectivity index (χ1) is 12.6. The zero-order valence-electron chi connectivity index (χ0n) is 15.9. The third kappa shape index (κ3) is 5.57. The molecule has 0 spiro atoms. The smallest absolute Gasteiger partial charge is 0.409 e. The van der Waals surface area contributed by atoms with Gasteiger partial charge in [0.25, 0.3) is 0 Å². The Morgan fingerprint density at radius 3 is 2.65 bits per heavy atom. The fraction of sp³-hybridized carbons (Fsp3) is 0.579. The number of likely N-dealkylation sites (tertiary alicyclic amines) is 1. The molecule has 26 heavy (non-hydrogen) atoms. The molecule has 1 saturated heterocycles. The number of hydrogen-bond acceptors (Lipinski definition) is 4. The molecule has 0 atom stereocenters. The van der Waals surface area contributed by atoms with Gasteiger partial charge in [-0.05, 0) is 50.5 Å². The van der Waals surface area contributed by atoms with Gasteiger partial charge in [-0.15, -0.1) is 0 Å². The highest BCUT2D eigenvalue weighted by atomic mass is 32.1. The summed E-state index contributed by atoms with van der Waals surface area (Å²) < 4.78 is 10.4. The van der Waals surface area contributed by atoms with E-state index in [0.717, 1.165) is 30.6 Å². The molecule has 6 nitrogen and oxygen atoms in total. The zero-order valence-corrected chi connectivity index (χ0v) is 16.7. The standard InChI is InChI=1S/C19H29N3O3S/c1-4-25-19(23)21-11-9-16(10-12-21)22(13-14-24-3)18(26)20-17-8-6-5-7-15(17)2/h5-8,16H,4,9-14H2,1-3H3,(H,20,26). The van der Waals surface area contributed by atoms with E-state index in [0.29, 0.717) is 31.4 Å². The lowest BCUT2D eigenvalue weighted by Crippen LogP contribution is -2.51. The van der Waals surface area contributed by atoms with Crippen molar-refractivity contribution in [1.82, 2.24) is 9.80 Å². The van der Waals surface area contributed by atoms with Crippen molar-refractivity contribution in [1.29, 1.82) is 0 Å². The summed E-state index contributed by atoms with van der Waals surface area (Å²) in [6.45, 7) is 6.98. The molecule has 1 amide bonds. The maximum absolute atomic E-state index is 11.9. The minimum Gasteiger partial charge on any atom is -0.450 e. The van der Waals surface area contributed by atoms with Crippen LogP contribution in [0.3, 0.4) is 0 Å². The largest absolute Gasteiger partial charge is 0.450 e. The number of ether oxygens (including phenoxy) is 2. The van der Waals surface area contributed by atoms with Crippen molar-refractivity contribution in [2.24, 2.45) is 0 Å². The molecule has 0 bridgehead atoms. The average molecular weight is 380 g/mol. The Kier molecular flexibility index (Phi) is 8.12. The van der Waals surface area contributed by atoms with E-state index < -0.39 is 0 Å². The van der Waals surface area contributed by atoms with Crippen molar-refractivity contribution >= 4 is 29.1 Å². The van der Waals surface area contributed by atoms with E-state index in [9.17, 15) is 4.79 Å². The molecule has 1 heterocycles. The molecule has 0 aromatic heterocycles. The van der Waals surface area contributed by atoms with Crippen LogP contribution in [0.5, 0.6) is 0 Å². The Morgan fingerprint density at radius 2 is 2.04 bits per heavy atom. The molecule has 1 aliphatic heterocycles. The van der Waals surface area contributed by atoms with E-state index in [1.807, 2.05) is 25.1 Å². The fourth-order valence-electron chi connectivity index (χ4n) is 3.11. The number of para-hydroxylation sites is 1. The van der Waals surface area contributed by atoms with Crippen LogP contribution in [0.4, 0.5) is 10.5 Å². The molecule has 0 unspecified atom stereocenters. The molecule has 1 aliphatic rings. The third-order valence-corrected chi connectivity index (χ3v) is 4.95. The molecule has 2 rings (SSSR count). The van der Waals surface area contributed by atoms with E-state index in [4.69, 9.17) is 21.7 Å². The first kappa shape index (κ1) is 20.5. The van der Waals surface area contributed by atoms with E-state index in [1.165, 1.54) is 0 Å². The van der Waals surface area contributed by atoms with Crippen LogP contribution < -0.4 is 5.32 Å². The number of rotatable bonds is 6. The van der Waals surface area contributed by atoms with E-state index in [2.05, 4.69) is 23.2 Å². The van der Waals surface area contributed by atoms with Gasteiger partial charge >= 0.3 is 6.09 Å². The van der Waals surface area contributed by atoms with Crippen molar-refractivity contribution < 1.29 is 14.3 Å². The highest BCUT2D eigenvalue weighted by molar-refractivity contribution is 7.80. The summed E-state index contributed by atoms with van der Waals surface area (Å²) in [5, 5.41) is 4.07. The van der Waals surface area contributed by atoms with Gasteiger partial charge in [-0.3, -0.25) is 0 Å². The van der Waals surface area contributed by atoms with Gasteiger partial charge in [0.2, 0.25) is 0 Å². The Balaban J connectivity index is 1.99. The molecular weight excluding hydrogens is 350 g/mol. The first-order valence-electron chi connectivity index (χ1n) is 9.10. The van der Waals surface area contributed by atoms with E-state index >= 15 is 0 Å². The Labute approximate surface area is 161 Å². The summed E-state index contributed by atoms with van der Waals surface area (Å²) in [5.74, 6) is 0. The monoisotopic (exact) mass is 379 g/mol. The van der Waals surface area contributed by atoms with E-state index in [1.54, 1.807) is 12.0 Å². The Morgan fingerprint density at radius 1 is 1.35 bits per heavy atom. The molecule has 144 valence electrons. The average Bonchev–Trinajstić information content (AvgIpc) is 2.64. The minimum absolute atomic E-state index is 0.227. The van der Waals surface area contributed by atoms with Gasteiger partial charge in [0.1, 0.15) is 0 Å². The van der Waals surface area contributed by atoms with Crippen molar-refractivity contribution in [3.8, 4) is 0 Å². The summed E-state index contributed by atoms with van der Waals surface area (Å²) in [6, 6.07) is 8.37. The zero-order chi connectivity index (χ0) is 18.9. The number of nitrogens with one attached hydrogen (secondary N) is 1. The van der Waals surface area contributed by atoms with Crippen LogP contribution in [0.25, 0.3) is 0 Å². The van der Waals surface area contributed by atoms with Crippen LogP contribution >= 0.6 is 12.2 Å². The minimum atomic E-state index is -0.227. The summed E-state index contributed by atoms with van der Waals surface area (Å²) >= 11 is 5.69. The second-order valence-electron chi connectivity index (χ2n) is 6.35. The van der Waals surface area contributed by atoms with E-state index in [-0.39, 0.29) is 12.1 Å². The van der Waals surface area contributed by atoms with Crippen LogP contribution in [-0.4, -0.2) is 67.0 Å². The summed E-state index contributed by atoms with van der Waals surface area (Å²) in [5.41, 5.74) is 2.17. The number of hydrogen-bond donors (Lipinski definition) is 1. The molecule has 0 saturated carbocycles. The number of benzene rings is 1. The van der Waals surface area contributed by atoms with Crippen molar-refractivity contribution in [3.63, 3.8) is 0 Å². The quantitative estimate of drug-likeness (QED) is 0.766. The van der Waals surface area contributed by atoms with Crippen LogP contribution in [0.15, 0.2) is 24.3 Å². The third-order valence-electron chi connectivity index (χ3n) is 4.62. The molecule has 1 aromatic carbocycles.